The smallest absolute Gasteiger partial charge is 0.283 e. The van der Waals surface area contributed by atoms with Crippen LogP contribution in [0.1, 0.15) is 10.4 Å². The normalized spacial score (nSPS) is 15.8. The number of nitrogens with one attached hydrogen (secondary N) is 1. The fraction of sp³-hybridized carbons (Fsp3) is 0.154. The van der Waals surface area contributed by atoms with Crippen molar-refractivity contribution in [3.63, 3.8) is 0 Å². The Balaban J connectivity index is 1.27. The maximum atomic E-state index is 12.7. The molecule has 0 fully saturated rings. The van der Waals surface area contributed by atoms with Crippen LogP contribution < -0.4 is 18.9 Å². The van der Waals surface area contributed by atoms with Crippen LogP contribution in [-0.4, -0.2) is 54.4 Å². The number of fused-ring (bicyclic) bond motifs is 1. The Morgan fingerprint density at radius 1 is 0.946 bits per heavy atom. The number of aliphatic imine (C=N–C) groups is 1. The van der Waals surface area contributed by atoms with Gasteiger partial charge in [0.1, 0.15) is 18.3 Å². The summed E-state index contributed by atoms with van der Waals surface area (Å²) in [7, 11) is 3.13. The van der Waals surface area contributed by atoms with Gasteiger partial charge in [-0.05, 0) is 59.1 Å². The van der Waals surface area contributed by atoms with E-state index in [1.54, 1.807) is 42.7 Å². The Hall–Kier alpha value is -4.09. The highest BCUT2D eigenvalue weighted by Gasteiger charge is 2.36. The predicted molar refractivity (Wildman–Crippen MR) is 145 cm³/mol. The molecule has 0 radical (unpaired) electrons. The van der Waals surface area contributed by atoms with E-state index in [-0.39, 0.29) is 18.0 Å². The zero-order valence-corrected chi connectivity index (χ0v) is 21.6. The molecule has 2 aliphatic rings. The second-order valence-corrected chi connectivity index (χ2v) is 9.56. The molecule has 0 atom stereocenters. The number of nitrogens with zero attached hydrogens (tertiary/aromatic N) is 3. The molecule has 9 nitrogen and oxygen atoms in total. The molecule has 1 amide bonds. The summed E-state index contributed by atoms with van der Waals surface area (Å²) in [5, 5.41) is 17.5. The molecule has 5 rings (SSSR count). The number of benzene rings is 2. The molecule has 3 aromatic rings. The second-order valence-electron chi connectivity index (χ2n) is 7.66. The molecule has 0 unspecified atom stereocenters. The SMILES string of the molecule is COc1ccccc1OCCOc1ccc(C=C2C(=N)N3N=C(c4cccs4)SC3=NC2=O)cc1OC. The monoisotopic (exact) mass is 534 g/mol. The van der Waals surface area contributed by atoms with E-state index >= 15 is 0 Å². The first-order valence-electron chi connectivity index (χ1n) is 11.2. The van der Waals surface area contributed by atoms with E-state index in [4.69, 9.17) is 24.4 Å². The Bertz CT molecular complexity index is 1430. The van der Waals surface area contributed by atoms with Crippen LogP contribution in [0.2, 0.25) is 0 Å². The summed E-state index contributed by atoms with van der Waals surface area (Å²) in [5.41, 5.74) is 0.803. The number of rotatable bonds is 9. The minimum absolute atomic E-state index is 0.0261. The number of thiophene rings is 1. The van der Waals surface area contributed by atoms with Gasteiger partial charge in [0.15, 0.2) is 28.8 Å². The fourth-order valence-electron chi connectivity index (χ4n) is 3.59. The molecule has 0 bridgehead atoms. The Labute approximate surface area is 221 Å². The van der Waals surface area contributed by atoms with Crippen molar-refractivity contribution >= 4 is 51.1 Å². The topological polar surface area (TPSA) is 106 Å². The number of hydrazone groups is 1. The Kier molecular flexibility index (Phi) is 7.24. The zero-order valence-electron chi connectivity index (χ0n) is 20.0. The number of hydrogen-bond donors (Lipinski definition) is 1. The van der Waals surface area contributed by atoms with Gasteiger partial charge >= 0.3 is 0 Å². The summed E-state index contributed by atoms with van der Waals surface area (Å²) >= 11 is 2.82. The largest absolute Gasteiger partial charge is 0.493 e. The maximum absolute atomic E-state index is 12.7. The number of hydrogen-bond acceptors (Lipinski definition) is 9. The van der Waals surface area contributed by atoms with Crippen molar-refractivity contribution in [3.05, 3.63) is 76.0 Å². The van der Waals surface area contributed by atoms with E-state index in [9.17, 15) is 4.79 Å². The summed E-state index contributed by atoms with van der Waals surface area (Å²) in [6, 6.07) is 16.5. The van der Waals surface area contributed by atoms with Crippen molar-refractivity contribution in [3.8, 4) is 23.0 Å². The van der Waals surface area contributed by atoms with Gasteiger partial charge < -0.3 is 18.9 Å². The third-order valence-electron chi connectivity index (χ3n) is 5.35. The van der Waals surface area contributed by atoms with Gasteiger partial charge in [-0.2, -0.15) is 15.1 Å². The highest BCUT2D eigenvalue weighted by Crippen LogP contribution is 2.34. The fourth-order valence-corrected chi connectivity index (χ4v) is 5.28. The first-order valence-corrected chi connectivity index (χ1v) is 12.9. The van der Waals surface area contributed by atoms with Gasteiger partial charge in [0.2, 0.25) is 5.17 Å². The third kappa shape index (κ3) is 5.23. The maximum Gasteiger partial charge on any atom is 0.283 e. The highest BCUT2D eigenvalue weighted by atomic mass is 32.2. The first kappa shape index (κ1) is 24.6. The lowest BCUT2D eigenvalue weighted by molar-refractivity contribution is -0.114. The minimum Gasteiger partial charge on any atom is -0.493 e. The van der Waals surface area contributed by atoms with Gasteiger partial charge in [-0.3, -0.25) is 10.2 Å². The number of amides is 1. The summed E-state index contributed by atoms with van der Waals surface area (Å²) < 4.78 is 22.4. The van der Waals surface area contributed by atoms with Crippen LogP contribution in [0, 0.1) is 5.41 Å². The van der Waals surface area contributed by atoms with E-state index in [0.717, 1.165) is 4.88 Å². The van der Waals surface area contributed by atoms with Crippen molar-refractivity contribution < 1.29 is 23.7 Å². The standard InChI is InChI=1S/C26H22N4O5S2/c1-32-18-6-3-4-7-19(18)34-11-12-35-20-10-9-16(15-21(20)33-2)14-17-23(27)30-26(28-24(17)31)37-25(29-30)22-8-5-13-36-22/h3-10,13-15,27H,11-12H2,1-2H3. The Morgan fingerprint density at radius 2 is 1.68 bits per heavy atom. The summed E-state index contributed by atoms with van der Waals surface area (Å²) in [6.45, 7) is 0.593. The second kappa shape index (κ2) is 10.9. The van der Waals surface area contributed by atoms with E-state index in [0.29, 0.717) is 45.4 Å². The molecule has 188 valence electrons. The molecule has 1 aromatic heterocycles. The van der Waals surface area contributed by atoms with Crippen LogP contribution in [-0.2, 0) is 4.79 Å². The minimum atomic E-state index is -0.487. The predicted octanol–water partition coefficient (Wildman–Crippen LogP) is 4.89. The highest BCUT2D eigenvalue weighted by molar-refractivity contribution is 8.27. The van der Waals surface area contributed by atoms with Crippen LogP contribution in [0.4, 0.5) is 0 Å². The van der Waals surface area contributed by atoms with Gasteiger partial charge in [0.25, 0.3) is 5.91 Å². The molecule has 2 aliphatic heterocycles. The van der Waals surface area contributed by atoms with Crippen LogP contribution in [0.15, 0.2) is 75.6 Å². The number of ether oxygens (including phenoxy) is 4. The van der Waals surface area contributed by atoms with Gasteiger partial charge in [0.05, 0.1) is 24.7 Å². The summed E-state index contributed by atoms with van der Waals surface area (Å²) in [6.07, 6.45) is 1.60. The van der Waals surface area contributed by atoms with Crippen LogP contribution in [0.5, 0.6) is 23.0 Å². The number of carbonyl (C=O) groups excluding carboxylic acids is 1. The van der Waals surface area contributed by atoms with Crippen molar-refractivity contribution in [2.75, 3.05) is 27.4 Å². The molecule has 0 saturated heterocycles. The van der Waals surface area contributed by atoms with Crippen LogP contribution in [0.3, 0.4) is 0 Å². The van der Waals surface area contributed by atoms with Crippen LogP contribution >= 0.6 is 23.1 Å². The molecule has 2 aromatic carbocycles. The lowest BCUT2D eigenvalue weighted by atomic mass is 10.1. The number of amidine groups is 2. The van der Waals surface area contributed by atoms with Crippen LogP contribution in [0.25, 0.3) is 6.08 Å². The average molecular weight is 535 g/mol. The summed E-state index contributed by atoms with van der Waals surface area (Å²) in [4.78, 5) is 17.8. The third-order valence-corrected chi connectivity index (χ3v) is 7.30. The lowest BCUT2D eigenvalue weighted by Crippen LogP contribution is -2.35. The lowest BCUT2D eigenvalue weighted by Gasteiger charge is -2.20. The Morgan fingerprint density at radius 3 is 2.38 bits per heavy atom. The molecule has 37 heavy (non-hydrogen) atoms. The molecular formula is C26H22N4O5S2. The van der Waals surface area contributed by atoms with Crippen molar-refractivity contribution in [2.24, 2.45) is 10.1 Å². The molecule has 0 aliphatic carbocycles. The van der Waals surface area contributed by atoms with Gasteiger partial charge in [0, 0.05) is 0 Å². The van der Waals surface area contributed by atoms with E-state index < -0.39 is 5.91 Å². The molecule has 11 heteroatoms. The van der Waals surface area contributed by atoms with Gasteiger partial charge in [-0.15, -0.1) is 11.3 Å². The average Bonchev–Trinajstić information content (AvgIpc) is 3.60. The van der Waals surface area contributed by atoms with Gasteiger partial charge in [-0.25, -0.2) is 0 Å². The molecule has 0 saturated carbocycles. The number of thioether (sulfide) groups is 1. The number of methoxy groups -OCH3 is 2. The van der Waals surface area contributed by atoms with E-state index in [1.807, 2.05) is 41.8 Å². The number of carbonyl (C=O) groups is 1. The number of para-hydroxylation sites is 2. The van der Waals surface area contributed by atoms with Crippen molar-refractivity contribution in [2.45, 2.75) is 0 Å². The van der Waals surface area contributed by atoms with E-state index in [1.165, 1.54) is 23.9 Å². The zero-order chi connectivity index (χ0) is 25.8. The first-order chi connectivity index (χ1) is 18.1. The van der Waals surface area contributed by atoms with Gasteiger partial charge in [-0.1, -0.05) is 24.3 Å². The molecule has 0 spiro atoms. The van der Waals surface area contributed by atoms with E-state index in [2.05, 4.69) is 10.1 Å². The van der Waals surface area contributed by atoms with Crippen molar-refractivity contribution in [1.82, 2.24) is 5.01 Å². The molecule has 1 N–H and O–H groups in total. The quantitative estimate of drug-likeness (QED) is 0.308. The van der Waals surface area contributed by atoms with Crippen molar-refractivity contribution in [1.29, 1.82) is 5.41 Å². The summed E-state index contributed by atoms with van der Waals surface area (Å²) in [5.74, 6) is 1.79. The molecular weight excluding hydrogens is 512 g/mol. The molecule has 3 heterocycles.